The van der Waals surface area contributed by atoms with Crippen molar-refractivity contribution in [3.8, 4) is 5.75 Å². The molecule has 0 atom stereocenters. The number of nitrogens with one attached hydrogen (secondary N) is 1. The van der Waals surface area contributed by atoms with Crippen LogP contribution in [0.5, 0.6) is 5.75 Å². The average Bonchev–Trinajstić information content (AvgIpc) is 2.51. The van der Waals surface area contributed by atoms with Gasteiger partial charge < -0.3 is 20.5 Å². The lowest BCUT2D eigenvalue weighted by Gasteiger charge is -2.12. The van der Waals surface area contributed by atoms with Gasteiger partial charge in [-0.15, -0.1) is 0 Å². The van der Waals surface area contributed by atoms with E-state index in [4.69, 9.17) is 15.2 Å². The highest BCUT2D eigenvalue weighted by Gasteiger charge is 2.06. The summed E-state index contributed by atoms with van der Waals surface area (Å²) in [7, 11) is 0. The van der Waals surface area contributed by atoms with Crippen molar-refractivity contribution < 1.29 is 14.3 Å². The predicted octanol–water partition coefficient (Wildman–Crippen LogP) is 2.78. The van der Waals surface area contributed by atoms with Crippen LogP contribution in [-0.4, -0.2) is 32.3 Å². The normalized spacial score (nSPS) is 10.8. The van der Waals surface area contributed by atoms with Crippen LogP contribution < -0.4 is 15.8 Å². The summed E-state index contributed by atoms with van der Waals surface area (Å²) in [5, 5.41) is 2.90. The molecule has 0 heterocycles. The second-order valence-electron chi connectivity index (χ2n) is 5.98. The predicted molar refractivity (Wildman–Crippen MR) is 93.6 cm³/mol. The molecule has 0 aliphatic rings. The SMILES string of the molecule is CCOCCCNC(=O)CCc1ccc(OCC(C)C)c(N)c1. The fraction of sp³-hybridized carbons (Fsp3) is 0.611. The van der Waals surface area contributed by atoms with Crippen LogP contribution in [0.25, 0.3) is 0 Å². The van der Waals surface area contributed by atoms with Gasteiger partial charge in [0.1, 0.15) is 5.75 Å². The van der Waals surface area contributed by atoms with Gasteiger partial charge in [-0.1, -0.05) is 19.9 Å². The van der Waals surface area contributed by atoms with Crippen molar-refractivity contribution in [2.45, 2.75) is 40.0 Å². The van der Waals surface area contributed by atoms with Crippen LogP contribution in [0.4, 0.5) is 5.69 Å². The maximum Gasteiger partial charge on any atom is 0.220 e. The first kappa shape index (κ1) is 19.3. The highest BCUT2D eigenvalue weighted by atomic mass is 16.5. The Balaban J connectivity index is 2.31. The molecule has 0 fully saturated rings. The number of ether oxygens (including phenoxy) is 2. The van der Waals surface area contributed by atoms with E-state index in [1.165, 1.54) is 0 Å². The van der Waals surface area contributed by atoms with Gasteiger partial charge in [0.25, 0.3) is 0 Å². The minimum Gasteiger partial charge on any atom is -0.491 e. The van der Waals surface area contributed by atoms with Crippen molar-refractivity contribution in [1.82, 2.24) is 5.32 Å². The lowest BCUT2D eigenvalue weighted by atomic mass is 10.1. The van der Waals surface area contributed by atoms with Crippen molar-refractivity contribution >= 4 is 11.6 Å². The standard InChI is InChI=1S/C18H30N2O3/c1-4-22-11-5-10-20-18(21)9-7-15-6-8-17(16(19)12-15)23-13-14(2)3/h6,8,12,14H,4-5,7,9-11,13,19H2,1-3H3,(H,20,21). The smallest absolute Gasteiger partial charge is 0.220 e. The average molecular weight is 322 g/mol. The number of carbonyl (C=O) groups excluding carboxylic acids is 1. The van der Waals surface area contributed by atoms with Gasteiger partial charge in [-0.25, -0.2) is 0 Å². The van der Waals surface area contributed by atoms with E-state index in [0.717, 1.165) is 12.0 Å². The Kier molecular flexibility index (Phi) is 9.14. The van der Waals surface area contributed by atoms with E-state index in [1.807, 2.05) is 25.1 Å². The molecule has 0 aliphatic carbocycles. The Morgan fingerprint density at radius 1 is 1.35 bits per heavy atom. The van der Waals surface area contributed by atoms with Crippen LogP contribution in [0, 0.1) is 5.92 Å². The Bertz CT molecular complexity index is 475. The second-order valence-corrected chi connectivity index (χ2v) is 5.98. The van der Waals surface area contributed by atoms with Crippen LogP contribution in [0.1, 0.15) is 39.2 Å². The molecule has 0 radical (unpaired) electrons. The quantitative estimate of drug-likeness (QED) is 0.485. The summed E-state index contributed by atoms with van der Waals surface area (Å²) >= 11 is 0. The van der Waals surface area contributed by atoms with E-state index in [2.05, 4.69) is 19.2 Å². The molecule has 3 N–H and O–H groups in total. The molecule has 5 heteroatoms. The first-order chi connectivity index (χ1) is 11.0. The van der Waals surface area contributed by atoms with E-state index in [-0.39, 0.29) is 5.91 Å². The number of anilines is 1. The summed E-state index contributed by atoms with van der Waals surface area (Å²) in [6, 6.07) is 5.74. The number of nitrogens with two attached hydrogens (primary N) is 1. The largest absolute Gasteiger partial charge is 0.491 e. The molecule has 0 aliphatic heterocycles. The Morgan fingerprint density at radius 2 is 2.13 bits per heavy atom. The lowest BCUT2D eigenvalue weighted by molar-refractivity contribution is -0.121. The summed E-state index contributed by atoms with van der Waals surface area (Å²) < 4.78 is 10.9. The molecule has 0 spiro atoms. The summed E-state index contributed by atoms with van der Waals surface area (Å²) in [6.45, 7) is 8.85. The maximum absolute atomic E-state index is 11.8. The summed E-state index contributed by atoms with van der Waals surface area (Å²) in [4.78, 5) is 11.8. The molecule has 0 saturated heterocycles. The molecule has 1 aromatic carbocycles. The first-order valence-corrected chi connectivity index (χ1v) is 8.38. The van der Waals surface area contributed by atoms with Crippen molar-refractivity contribution in [2.24, 2.45) is 5.92 Å². The maximum atomic E-state index is 11.8. The molecule has 1 amide bonds. The zero-order chi connectivity index (χ0) is 17.1. The number of rotatable bonds is 11. The molecular weight excluding hydrogens is 292 g/mol. The zero-order valence-corrected chi connectivity index (χ0v) is 14.6. The molecule has 130 valence electrons. The van der Waals surface area contributed by atoms with Gasteiger partial charge >= 0.3 is 0 Å². The van der Waals surface area contributed by atoms with Crippen LogP contribution >= 0.6 is 0 Å². The minimum atomic E-state index is 0.0557. The summed E-state index contributed by atoms with van der Waals surface area (Å²) in [5.41, 5.74) is 7.67. The number of benzene rings is 1. The molecule has 0 saturated carbocycles. The van der Waals surface area contributed by atoms with Crippen molar-refractivity contribution in [1.29, 1.82) is 0 Å². The van der Waals surface area contributed by atoms with E-state index in [9.17, 15) is 4.79 Å². The number of hydrogen-bond acceptors (Lipinski definition) is 4. The molecule has 1 rings (SSSR count). The Labute approximate surface area is 139 Å². The zero-order valence-electron chi connectivity index (χ0n) is 14.6. The van der Waals surface area contributed by atoms with Gasteiger partial charge in [0, 0.05) is 26.2 Å². The molecule has 0 bridgehead atoms. The number of amides is 1. The van der Waals surface area contributed by atoms with Crippen LogP contribution in [0.15, 0.2) is 18.2 Å². The highest BCUT2D eigenvalue weighted by Crippen LogP contribution is 2.23. The van der Waals surface area contributed by atoms with Crippen LogP contribution in [0.3, 0.4) is 0 Å². The van der Waals surface area contributed by atoms with Gasteiger partial charge in [0.2, 0.25) is 5.91 Å². The van der Waals surface area contributed by atoms with E-state index in [0.29, 0.717) is 56.6 Å². The lowest BCUT2D eigenvalue weighted by Crippen LogP contribution is -2.25. The van der Waals surface area contributed by atoms with Gasteiger partial charge in [-0.3, -0.25) is 4.79 Å². The van der Waals surface area contributed by atoms with Crippen LogP contribution in [0.2, 0.25) is 0 Å². The Hall–Kier alpha value is -1.75. The molecule has 5 nitrogen and oxygen atoms in total. The molecule has 0 unspecified atom stereocenters. The van der Waals surface area contributed by atoms with Gasteiger partial charge in [-0.2, -0.15) is 0 Å². The van der Waals surface area contributed by atoms with Gasteiger partial charge in [0.15, 0.2) is 0 Å². The topological polar surface area (TPSA) is 73.6 Å². The molecular formula is C18H30N2O3. The summed E-state index contributed by atoms with van der Waals surface area (Å²) in [6.07, 6.45) is 1.97. The molecule has 23 heavy (non-hydrogen) atoms. The van der Waals surface area contributed by atoms with E-state index in [1.54, 1.807) is 0 Å². The monoisotopic (exact) mass is 322 g/mol. The molecule has 1 aromatic rings. The number of aryl methyl sites for hydroxylation is 1. The number of carbonyl (C=O) groups is 1. The number of hydrogen-bond donors (Lipinski definition) is 2. The minimum absolute atomic E-state index is 0.0557. The van der Waals surface area contributed by atoms with Crippen LogP contribution in [-0.2, 0) is 16.0 Å². The fourth-order valence-electron chi connectivity index (χ4n) is 2.03. The molecule has 0 aromatic heterocycles. The Morgan fingerprint density at radius 3 is 2.78 bits per heavy atom. The van der Waals surface area contributed by atoms with Crippen molar-refractivity contribution in [2.75, 3.05) is 32.1 Å². The first-order valence-electron chi connectivity index (χ1n) is 8.38. The summed E-state index contributed by atoms with van der Waals surface area (Å²) in [5.74, 6) is 1.23. The van der Waals surface area contributed by atoms with E-state index < -0.39 is 0 Å². The van der Waals surface area contributed by atoms with E-state index >= 15 is 0 Å². The second kappa shape index (κ2) is 10.9. The third-order valence-corrected chi connectivity index (χ3v) is 3.28. The van der Waals surface area contributed by atoms with Gasteiger partial charge in [-0.05, 0) is 43.4 Å². The van der Waals surface area contributed by atoms with Crippen molar-refractivity contribution in [3.05, 3.63) is 23.8 Å². The third kappa shape index (κ3) is 8.45. The fourth-order valence-corrected chi connectivity index (χ4v) is 2.03. The highest BCUT2D eigenvalue weighted by molar-refractivity contribution is 5.76. The third-order valence-electron chi connectivity index (χ3n) is 3.28. The van der Waals surface area contributed by atoms with Gasteiger partial charge in [0.05, 0.1) is 12.3 Å². The van der Waals surface area contributed by atoms with Crippen molar-refractivity contribution in [3.63, 3.8) is 0 Å². The number of nitrogen functional groups attached to an aromatic ring is 1.